The highest BCUT2D eigenvalue weighted by molar-refractivity contribution is 5.96. The molecule has 1 aliphatic rings. The Hall–Kier alpha value is -2.71. The summed E-state index contributed by atoms with van der Waals surface area (Å²) in [6.07, 6.45) is 0.676. The van der Waals surface area contributed by atoms with E-state index < -0.39 is 11.5 Å². The van der Waals surface area contributed by atoms with E-state index in [-0.39, 0.29) is 29.5 Å². The molecule has 1 aliphatic heterocycles. The molecule has 2 amide bonds. The molecule has 0 radical (unpaired) electrons. The second kappa shape index (κ2) is 7.67. The highest BCUT2D eigenvalue weighted by atomic mass is 16.6. The zero-order valence-corrected chi connectivity index (χ0v) is 15.6. The maximum Gasteiger partial charge on any atom is 0.410 e. The van der Waals surface area contributed by atoms with Gasteiger partial charge in [0.15, 0.2) is 11.4 Å². The van der Waals surface area contributed by atoms with Crippen LogP contribution in [0.25, 0.3) is 0 Å². The van der Waals surface area contributed by atoms with Crippen LogP contribution in [0.3, 0.4) is 0 Å². The maximum atomic E-state index is 12.1. The zero-order valence-electron chi connectivity index (χ0n) is 15.6. The summed E-state index contributed by atoms with van der Waals surface area (Å²) in [7, 11) is 1.46. The number of nitrogens with zero attached hydrogens (tertiary/aromatic N) is 2. The van der Waals surface area contributed by atoms with Crippen molar-refractivity contribution in [1.29, 1.82) is 0 Å². The third-order valence-electron chi connectivity index (χ3n) is 3.81. The van der Waals surface area contributed by atoms with Crippen LogP contribution < -0.4 is 20.9 Å². The Morgan fingerprint density at radius 2 is 1.88 bits per heavy atom. The number of anilines is 1. The van der Waals surface area contributed by atoms with E-state index in [1.165, 1.54) is 13.2 Å². The summed E-state index contributed by atoms with van der Waals surface area (Å²) in [5, 5.41) is 0. The summed E-state index contributed by atoms with van der Waals surface area (Å²) in [5.74, 6) is -0.261. The first-order valence-electron chi connectivity index (χ1n) is 8.39. The number of rotatable bonds is 4. The molecule has 0 saturated carbocycles. The first-order chi connectivity index (χ1) is 12.1. The number of nitrogens with two attached hydrogens (primary N) is 2. The minimum atomic E-state index is -0.741. The lowest BCUT2D eigenvalue weighted by atomic mass is 10.1. The molecule has 0 atom stereocenters. The van der Waals surface area contributed by atoms with Gasteiger partial charge < -0.3 is 30.6 Å². The van der Waals surface area contributed by atoms with Gasteiger partial charge in [-0.3, -0.25) is 4.79 Å². The molecule has 9 heteroatoms. The number of aromatic nitrogens is 1. The van der Waals surface area contributed by atoms with Crippen molar-refractivity contribution in [3.63, 3.8) is 0 Å². The summed E-state index contributed by atoms with van der Waals surface area (Å²) in [6.45, 7) is 6.49. The third kappa shape index (κ3) is 4.90. The first kappa shape index (κ1) is 19.6. The molecule has 0 bridgehead atoms. The number of carbonyl (C=O) groups excluding carboxylic acids is 2. The number of amides is 2. The number of carbonyl (C=O) groups is 2. The fraction of sp³-hybridized carbons (Fsp3) is 0.588. The van der Waals surface area contributed by atoms with Crippen LogP contribution in [0.15, 0.2) is 6.07 Å². The Kier molecular flexibility index (Phi) is 5.79. The number of hydrogen-bond donors (Lipinski definition) is 2. The van der Waals surface area contributed by atoms with Crippen molar-refractivity contribution < 1.29 is 23.8 Å². The van der Waals surface area contributed by atoms with Gasteiger partial charge >= 0.3 is 6.09 Å². The van der Waals surface area contributed by atoms with Crippen molar-refractivity contribution >= 4 is 17.7 Å². The van der Waals surface area contributed by atoms with Crippen LogP contribution >= 0.6 is 0 Å². The highest BCUT2D eigenvalue weighted by Gasteiger charge is 2.28. The van der Waals surface area contributed by atoms with Crippen molar-refractivity contribution in [3.8, 4) is 11.6 Å². The highest BCUT2D eigenvalue weighted by Crippen LogP contribution is 2.31. The maximum absolute atomic E-state index is 12.1. The number of nitrogen functional groups attached to an aromatic ring is 1. The Morgan fingerprint density at radius 1 is 1.27 bits per heavy atom. The molecule has 0 unspecified atom stereocenters. The van der Waals surface area contributed by atoms with Crippen LogP contribution in [-0.4, -0.2) is 53.8 Å². The lowest BCUT2D eigenvalue weighted by Crippen LogP contribution is -2.44. The predicted molar refractivity (Wildman–Crippen MR) is 95.2 cm³/mol. The average Bonchev–Trinajstić information content (AvgIpc) is 2.54. The van der Waals surface area contributed by atoms with Gasteiger partial charge in [0.1, 0.15) is 11.7 Å². The monoisotopic (exact) mass is 366 g/mol. The number of hydrogen-bond acceptors (Lipinski definition) is 7. The van der Waals surface area contributed by atoms with E-state index in [2.05, 4.69) is 4.98 Å². The molecule has 0 spiro atoms. The fourth-order valence-corrected chi connectivity index (χ4v) is 2.56. The van der Waals surface area contributed by atoms with Gasteiger partial charge in [-0.1, -0.05) is 0 Å². The second-order valence-corrected chi connectivity index (χ2v) is 7.08. The van der Waals surface area contributed by atoms with Gasteiger partial charge in [0.05, 0.1) is 12.8 Å². The van der Waals surface area contributed by atoms with E-state index >= 15 is 0 Å². The SMILES string of the molecule is COc1cc(N)c(C(N)=O)nc1OC1CCN(C(=O)OC(C)(C)C)CC1. The largest absolute Gasteiger partial charge is 0.491 e. The summed E-state index contributed by atoms with van der Waals surface area (Å²) in [4.78, 5) is 29.3. The zero-order chi connectivity index (χ0) is 19.5. The van der Waals surface area contributed by atoms with E-state index in [1.54, 1.807) is 4.90 Å². The van der Waals surface area contributed by atoms with Crippen molar-refractivity contribution in [2.24, 2.45) is 5.73 Å². The smallest absolute Gasteiger partial charge is 0.410 e. The topological polar surface area (TPSA) is 130 Å². The summed E-state index contributed by atoms with van der Waals surface area (Å²) >= 11 is 0. The molecular formula is C17H26N4O5. The summed E-state index contributed by atoms with van der Waals surface area (Å²) in [6, 6.07) is 1.46. The van der Waals surface area contributed by atoms with Crippen molar-refractivity contribution in [1.82, 2.24) is 9.88 Å². The summed E-state index contributed by atoms with van der Waals surface area (Å²) in [5.41, 5.74) is 10.6. The van der Waals surface area contributed by atoms with Gasteiger partial charge in [-0.05, 0) is 20.8 Å². The molecule has 9 nitrogen and oxygen atoms in total. The Morgan fingerprint density at radius 3 is 2.38 bits per heavy atom. The van der Waals surface area contributed by atoms with Crippen molar-refractivity contribution in [3.05, 3.63) is 11.8 Å². The van der Waals surface area contributed by atoms with E-state index in [9.17, 15) is 9.59 Å². The van der Waals surface area contributed by atoms with Gasteiger partial charge in [-0.15, -0.1) is 0 Å². The van der Waals surface area contributed by atoms with Gasteiger partial charge in [-0.2, -0.15) is 0 Å². The van der Waals surface area contributed by atoms with E-state index in [0.29, 0.717) is 31.7 Å². The molecular weight excluding hydrogens is 340 g/mol. The van der Waals surface area contributed by atoms with Gasteiger partial charge in [0, 0.05) is 32.0 Å². The number of methoxy groups -OCH3 is 1. The lowest BCUT2D eigenvalue weighted by molar-refractivity contribution is 0.0120. The molecule has 4 N–H and O–H groups in total. The van der Waals surface area contributed by atoms with Gasteiger partial charge in [0.2, 0.25) is 0 Å². The average molecular weight is 366 g/mol. The second-order valence-electron chi connectivity index (χ2n) is 7.08. The van der Waals surface area contributed by atoms with Gasteiger partial charge in [-0.25, -0.2) is 9.78 Å². The molecule has 26 heavy (non-hydrogen) atoms. The molecule has 2 heterocycles. The number of ether oxygens (including phenoxy) is 3. The number of primary amides is 1. The minimum absolute atomic E-state index is 0.0630. The van der Waals surface area contributed by atoms with Crippen molar-refractivity contribution in [2.75, 3.05) is 25.9 Å². The lowest BCUT2D eigenvalue weighted by Gasteiger charge is -2.33. The predicted octanol–water partition coefficient (Wildman–Crippen LogP) is 1.55. The Labute approximate surface area is 152 Å². The normalized spacial score (nSPS) is 15.5. The molecule has 0 aromatic carbocycles. The Bertz CT molecular complexity index is 678. The molecule has 1 saturated heterocycles. The van der Waals surface area contributed by atoms with Crippen molar-refractivity contribution in [2.45, 2.75) is 45.3 Å². The molecule has 144 valence electrons. The van der Waals surface area contributed by atoms with Crippen LogP contribution in [0.4, 0.5) is 10.5 Å². The van der Waals surface area contributed by atoms with Gasteiger partial charge in [0.25, 0.3) is 11.8 Å². The third-order valence-corrected chi connectivity index (χ3v) is 3.81. The summed E-state index contributed by atoms with van der Waals surface area (Å²) < 4.78 is 16.5. The molecule has 1 fully saturated rings. The van der Waals surface area contributed by atoms with E-state index in [1.807, 2.05) is 20.8 Å². The minimum Gasteiger partial charge on any atom is -0.491 e. The molecule has 2 rings (SSSR count). The van der Waals surface area contributed by atoms with E-state index in [0.717, 1.165) is 0 Å². The Balaban J connectivity index is 2.02. The first-order valence-corrected chi connectivity index (χ1v) is 8.39. The van der Waals surface area contributed by atoms with Crippen LogP contribution in [0.1, 0.15) is 44.1 Å². The van der Waals surface area contributed by atoms with Crippen LogP contribution in [0.2, 0.25) is 0 Å². The number of likely N-dealkylation sites (tertiary alicyclic amines) is 1. The van der Waals surface area contributed by atoms with Crippen LogP contribution in [0.5, 0.6) is 11.6 Å². The number of piperidine rings is 1. The molecule has 1 aromatic heterocycles. The fourth-order valence-electron chi connectivity index (χ4n) is 2.56. The van der Waals surface area contributed by atoms with Crippen LogP contribution in [-0.2, 0) is 4.74 Å². The molecule has 1 aromatic rings. The van der Waals surface area contributed by atoms with Crippen LogP contribution in [0, 0.1) is 0 Å². The molecule has 0 aliphatic carbocycles. The number of pyridine rings is 1. The quantitative estimate of drug-likeness (QED) is 0.826. The standard InChI is InChI=1S/C17H26N4O5/c1-17(2,3)26-16(23)21-7-5-10(6-8-21)25-15-12(24-4)9-11(18)13(20-15)14(19)22/h9-10H,5-8,18H2,1-4H3,(H2,19,22). The van der Waals surface area contributed by atoms with E-state index in [4.69, 9.17) is 25.7 Å².